The number of nitrogens with zero attached hydrogens (tertiary/aromatic N) is 3. The van der Waals surface area contributed by atoms with Gasteiger partial charge in [0.2, 0.25) is 0 Å². The van der Waals surface area contributed by atoms with Crippen molar-refractivity contribution in [2.75, 3.05) is 50.7 Å². The first-order valence-corrected chi connectivity index (χ1v) is 13.5. The second kappa shape index (κ2) is 10.7. The number of alkyl halides is 3. The number of hydrogen-bond donors (Lipinski definition) is 0. The number of aryl methyl sites for hydroxylation is 1. The van der Waals surface area contributed by atoms with E-state index < -0.39 is 23.3 Å². The number of amides is 1. The summed E-state index contributed by atoms with van der Waals surface area (Å²) in [6.45, 7) is 7.67. The van der Waals surface area contributed by atoms with Crippen LogP contribution >= 0.6 is 0 Å². The minimum absolute atomic E-state index is 0.199. The van der Waals surface area contributed by atoms with Gasteiger partial charge >= 0.3 is 12.1 Å². The average molecular weight is 542 g/mol. The van der Waals surface area contributed by atoms with Crippen molar-refractivity contribution in [1.82, 2.24) is 9.80 Å². The van der Waals surface area contributed by atoms with E-state index in [1.807, 2.05) is 11.0 Å². The molecule has 3 heterocycles. The van der Waals surface area contributed by atoms with Crippen LogP contribution in [0.1, 0.15) is 36.5 Å². The fourth-order valence-electron chi connectivity index (χ4n) is 5.97. The molecule has 1 amide bonds. The van der Waals surface area contributed by atoms with Crippen LogP contribution in [-0.4, -0.2) is 73.1 Å². The van der Waals surface area contributed by atoms with E-state index in [0.717, 1.165) is 38.2 Å². The zero-order chi connectivity index (χ0) is 27.8. The Labute approximate surface area is 227 Å². The molecule has 2 aromatic carbocycles. The summed E-state index contributed by atoms with van der Waals surface area (Å²) >= 11 is 0. The molecule has 2 saturated heterocycles. The summed E-state index contributed by atoms with van der Waals surface area (Å²) in [5, 5.41) is 0. The lowest BCUT2D eigenvalue weighted by Gasteiger charge is -2.42. The number of rotatable bonds is 5. The maximum absolute atomic E-state index is 13.7. The van der Waals surface area contributed by atoms with Crippen LogP contribution in [-0.2, 0) is 26.9 Å². The van der Waals surface area contributed by atoms with Crippen LogP contribution in [0.2, 0.25) is 0 Å². The molecular weight excluding hydrogens is 507 g/mol. The molecule has 0 radical (unpaired) electrons. The van der Waals surface area contributed by atoms with E-state index in [0.29, 0.717) is 55.9 Å². The molecule has 0 bridgehead atoms. The highest BCUT2D eigenvalue weighted by Gasteiger charge is 2.51. The second-order valence-electron chi connectivity index (χ2n) is 10.7. The third-order valence-electron chi connectivity index (χ3n) is 8.37. The summed E-state index contributed by atoms with van der Waals surface area (Å²) in [4.78, 5) is 32.3. The van der Waals surface area contributed by atoms with E-state index in [4.69, 9.17) is 4.74 Å². The molecule has 0 N–H and O–H groups in total. The van der Waals surface area contributed by atoms with Crippen molar-refractivity contribution < 1.29 is 27.5 Å². The van der Waals surface area contributed by atoms with Gasteiger partial charge in [0.1, 0.15) is 5.60 Å². The van der Waals surface area contributed by atoms with Gasteiger partial charge in [0.25, 0.3) is 5.91 Å². The Kier molecular flexibility index (Phi) is 7.46. The Morgan fingerprint density at radius 2 is 1.64 bits per heavy atom. The lowest BCUT2D eigenvalue weighted by Crippen LogP contribution is -2.53. The van der Waals surface area contributed by atoms with Gasteiger partial charge in [0.05, 0.1) is 11.1 Å². The number of carbonyl (C=O) groups is 2. The predicted octanol–water partition coefficient (Wildman–Crippen LogP) is 4.61. The Bertz CT molecular complexity index is 1270. The summed E-state index contributed by atoms with van der Waals surface area (Å²) in [5.41, 5.74) is 2.31. The first-order chi connectivity index (χ1) is 18.6. The number of ether oxygens (including phenoxy) is 1. The molecule has 39 heavy (non-hydrogen) atoms. The van der Waals surface area contributed by atoms with Crippen LogP contribution in [0.5, 0.6) is 0 Å². The van der Waals surface area contributed by atoms with Crippen LogP contribution in [0, 0.1) is 6.92 Å². The molecule has 1 spiro atoms. The molecular formula is C30H34F3N3O3. The zero-order valence-corrected chi connectivity index (χ0v) is 22.4. The SMILES string of the molecule is CC1=C(C(=O)N2CCN(c3cccc(C(F)(F)F)c3)CC2)C2(CCN(CCc3ccccc3C)CC2)OC1=O. The quantitative estimate of drug-likeness (QED) is 0.518. The summed E-state index contributed by atoms with van der Waals surface area (Å²) in [5.74, 6) is -0.635. The average Bonchev–Trinajstić information content (AvgIpc) is 3.17. The van der Waals surface area contributed by atoms with E-state index in [1.54, 1.807) is 17.9 Å². The van der Waals surface area contributed by atoms with Gasteiger partial charge in [0.15, 0.2) is 0 Å². The number of anilines is 1. The Morgan fingerprint density at radius 3 is 2.31 bits per heavy atom. The summed E-state index contributed by atoms with van der Waals surface area (Å²) in [7, 11) is 0. The first kappa shape index (κ1) is 27.2. The van der Waals surface area contributed by atoms with Crippen molar-refractivity contribution in [3.63, 3.8) is 0 Å². The van der Waals surface area contributed by atoms with Gasteiger partial charge in [-0.15, -0.1) is 0 Å². The van der Waals surface area contributed by atoms with Crippen LogP contribution < -0.4 is 4.90 Å². The maximum atomic E-state index is 13.7. The summed E-state index contributed by atoms with van der Waals surface area (Å²) in [6, 6.07) is 13.6. The van der Waals surface area contributed by atoms with Crippen LogP contribution in [0.4, 0.5) is 18.9 Å². The highest BCUT2D eigenvalue weighted by Crippen LogP contribution is 2.42. The van der Waals surface area contributed by atoms with Crippen LogP contribution in [0.25, 0.3) is 0 Å². The molecule has 0 atom stereocenters. The first-order valence-electron chi connectivity index (χ1n) is 13.5. The van der Waals surface area contributed by atoms with Gasteiger partial charge in [-0.05, 0) is 49.6 Å². The van der Waals surface area contributed by atoms with E-state index in [2.05, 4.69) is 30.0 Å². The number of likely N-dealkylation sites (tertiary alicyclic amines) is 1. The topological polar surface area (TPSA) is 53.1 Å². The van der Waals surface area contributed by atoms with Crippen LogP contribution in [0.15, 0.2) is 59.7 Å². The monoisotopic (exact) mass is 541 g/mol. The fraction of sp³-hybridized carbons (Fsp3) is 0.467. The standard InChI is InChI=1S/C30H34F3N3O3/c1-21-6-3-4-7-23(21)10-13-34-14-11-29(12-15-34)26(22(2)28(38)39-29)27(37)36-18-16-35(17-19-36)25-9-5-8-24(20-25)30(31,32)33/h3-9,20H,10-19H2,1-2H3. The molecule has 5 rings (SSSR count). The maximum Gasteiger partial charge on any atom is 0.416 e. The third-order valence-corrected chi connectivity index (χ3v) is 8.37. The van der Waals surface area contributed by atoms with Crippen molar-refractivity contribution >= 4 is 17.6 Å². The molecule has 3 aliphatic heterocycles. The molecule has 0 unspecified atom stereocenters. The highest BCUT2D eigenvalue weighted by molar-refractivity contribution is 6.07. The number of hydrogen-bond acceptors (Lipinski definition) is 5. The lowest BCUT2D eigenvalue weighted by molar-refractivity contribution is -0.151. The van der Waals surface area contributed by atoms with E-state index in [9.17, 15) is 22.8 Å². The molecule has 3 aliphatic rings. The predicted molar refractivity (Wildman–Crippen MR) is 142 cm³/mol. The van der Waals surface area contributed by atoms with E-state index in [-0.39, 0.29) is 5.91 Å². The second-order valence-corrected chi connectivity index (χ2v) is 10.7. The third kappa shape index (κ3) is 5.55. The molecule has 2 fully saturated rings. The Morgan fingerprint density at radius 1 is 0.949 bits per heavy atom. The van der Waals surface area contributed by atoms with Crippen molar-refractivity contribution in [2.24, 2.45) is 0 Å². The fourth-order valence-corrected chi connectivity index (χ4v) is 5.97. The molecule has 2 aromatic rings. The number of carbonyl (C=O) groups excluding carboxylic acids is 2. The highest BCUT2D eigenvalue weighted by atomic mass is 19.4. The largest absolute Gasteiger partial charge is 0.450 e. The van der Waals surface area contributed by atoms with Gasteiger partial charge in [0, 0.05) is 69.9 Å². The van der Waals surface area contributed by atoms with Gasteiger partial charge in [-0.3, -0.25) is 4.79 Å². The van der Waals surface area contributed by atoms with Crippen molar-refractivity contribution in [1.29, 1.82) is 0 Å². The van der Waals surface area contributed by atoms with Crippen LogP contribution in [0.3, 0.4) is 0 Å². The Hall–Kier alpha value is -3.33. The van der Waals surface area contributed by atoms with Gasteiger partial charge < -0.3 is 19.4 Å². The number of piperidine rings is 1. The lowest BCUT2D eigenvalue weighted by atomic mass is 9.82. The summed E-state index contributed by atoms with van der Waals surface area (Å²) < 4.78 is 45.4. The molecule has 9 heteroatoms. The van der Waals surface area contributed by atoms with Gasteiger partial charge in [-0.2, -0.15) is 13.2 Å². The molecule has 0 aliphatic carbocycles. The zero-order valence-electron chi connectivity index (χ0n) is 22.4. The van der Waals surface area contributed by atoms with Crippen molar-refractivity contribution in [3.05, 3.63) is 76.4 Å². The number of benzene rings is 2. The van der Waals surface area contributed by atoms with E-state index in [1.165, 1.54) is 17.2 Å². The molecule has 6 nitrogen and oxygen atoms in total. The van der Waals surface area contributed by atoms with Gasteiger partial charge in [-0.25, -0.2) is 4.79 Å². The normalized spacial score (nSPS) is 20.1. The minimum Gasteiger partial charge on any atom is -0.450 e. The molecule has 0 aromatic heterocycles. The van der Waals surface area contributed by atoms with Crippen molar-refractivity contribution in [3.8, 4) is 0 Å². The number of piperazine rings is 1. The molecule has 208 valence electrons. The Balaban J connectivity index is 1.22. The van der Waals surface area contributed by atoms with Crippen molar-refractivity contribution in [2.45, 2.75) is 44.9 Å². The number of esters is 1. The minimum atomic E-state index is -4.41. The number of halogens is 3. The molecule has 0 saturated carbocycles. The van der Waals surface area contributed by atoms with Gasteiger partial charge in [-0.1, -0.05) is 30.3 Å². The summed E-state index contributed by atoms with van der Waals surface area (Å²) in [6.07, 6.45) is -2.34. The smallest absolute Gasteiger partial charge is 0.416 e. The van der Waals surface area contributed by atoms with E-state index >= 15 is 0 Å².